The first kappa shape index (κ1) is 28.8. The van der Waals surface area contributed by atoms with Crippen LogP contribution in [0.4, 0.5) is 0 Å². The van der Waals surface area contributed by atoms with Crippen molar-refractivity contribution in [2.75, 3.05) is 33.0 Å². The maximum absolute atomic E-state index is 13.4. The molecule has 2 fully saturated rings. The Morgan fingerprint density at radius 1 is 0.881 bits per heavy atom. The Balaban J connectivity index is 1.03. The minimum absolute atomic E-state index is 0.185. The van der Waals surface area contributed by atoms with Gasteiger partial charge in [-0.25, -0.2) is 0 Å². The number of nitrogens with zero attached hydrogens (tertiary/aromatic N) is 2. The molecule has 1 amide bonds. The normalized spacial score (nSPS) is 19.5. The van der Waals surface area contributed by atoms with Crippen LogP contribution in [0.5, 0.6) is 11.5 Å². The monoisotopic (exact) mass is 566 g/mol. The molecule has 3 aliphatic rings. The number of carbonyl (C=O) groups is 1. The summed E-state index contributed by atoms with van der Waals surface area (Å²) in [6, 6.07) is 23.6. The molecule has 0 aromatic heterocycles. The van der Waals surface area contributed by atoms with Gasteiger partial charge in [-0.3, -0.25) is 9.69 Å². The smallest absolute Gasteiger partial charge is 0.254 e. The average molecular weight is 567 g/mol. The van der Waals surface area contributed by atoms with Crippen LogP contribution in [0.25, 0.3) is 0 Å². The lowest BCUT2D eigenvalue weighted by molar-refractivity contribution is 0.0104. The van der Waals surface area contributed by atoms with Crippen molar-refractivity contribution in [2.24, 2.45) is 5.92 Å². The number of fused-ring (bicyclic) bond motifs is 1. The van der Waals surface area contributed by atoms with Crippen LogP contribution >= 0.6 is 0 Å². The van der Waals surface area contributed by atoms with Gasteiger partial charge in [-0.15, -0.1) is 0 Å². The van der Waals surface area contributed by atoms with E-state index in [2.05, 4.69) is 91.2 Å². The second kappa shape index (κ2) is 12.5. The summed E-state index contributed by atoms with van der Waals surface area (Å²) in [5.41, 5.74) is 6.00. The Kier molecular flexibility index (Phi) is 8.57. The highest BCUT2D eigenvalue weighted by molar-refractivity contribution is 5.97. The van der Waals surface area contributed by atoms with Crippen molar-refractivity contribution in [2.45, 2.75) is 77.2 Å². The van der Waals surface area contributed by atoms with Crippen LogP contribution in [0.3, 0.4) is 0 Å². The summed E-state index contributed by atoms with van der Waals surface area (Å²) < 4.78 is 11.3. The Bertz CT molecular complexity index is 1350. The zero-order chi connectivity index (χ0) is 29.1. The molecule has 42 heavy (non-hydrogen) atoms. The highest BCUT2D eigenvalue weighted by Gasteiger charge is 2.39. The average Bonchev–Trinajstić information content (AvgIpc) is 3.48. The van der Waals surface area contributed by atoms with Crippen molar-refractivity contribution in [3.63, 3.8) is 0 Å². The van der Waals surface area contributed by atoms with Gasteiger partial charge in [-0.2, -0.15) is 0 Å². The molecule has 0 saturated carbocycles. The SMILES string of the molecule is Cc1cccc(C)c1C(=O)N1CCC(C)(N2CCC(CCC(Cc3ccccc3)c3ccc4c(c3)OCO4)CC2)CC1. The predicted octanol–water partition coefficient (Wildman–Crippen LogP) is 7.55. The number of hydrogen-bond acceptors (Lipinski definition) is 4. The second-order valence-electron chi connectivity index (χ2n) is 13.1. The van der Waals surface area contributed by atoms with Gasteiger partial charge in [-0.05, 0) is 125 Å². The van der Waals surface area contributed by atoms with Gasteiger partial charge in [0.25, 0.3) is 5.91 Å². The van der Waals surface area contributed by atoms with E-state index in [1.54, 1.807) is 0 Å². The van der Waals surface area contributed by atoms with Gasteiger partial charge in [0.15, 0.2) is 11.5 Å². The fourth-order valence-corrected chi connectivity index (χ4v) is 7.47. The number of likely N-dealkylation sites (tertiary alicyclic amines) is 2. The van der Waals surface area contributed by atoms with Crippen LogP contribution in [-0.2, 0) is 6.42 Å². The number of piperidine rings is 2. The zero-order valence-electron chi connectivity index (χ0n) is 25.6. The quantitative estimate of drug-likeness (QED) is 0.282. The van der Waals surface area contributed by atoms with E-state index in [0.29, 0.717) is 12.7 Å². The van der Waals surface area contributed by atoms with Gasteiger partial charge >= 0.3 is 0 Å². The first-order chi connectivity index (χ1) is 20.4. The zero-order valence-corrected chi connectivity index (χ0v) is 25.6. The van der Waals surface area contributed by atoms with Crippen molar-refractivity contribution >= 4 is 5.91 Å². The third-order valence-corrected chi connectivity index (χ3v) is 10.3. The van der Waals surface area contributed by atoms with Crippen molar-refractivity contribution in [3.8, 4) is 11.5 Å². The van der Waals surface area contributed by atoms with Crippen LogP contribution < -0.4 is 9.47 Å². The van der Waals surface area contributed by atoms with Crippen LogP contribution in [0.2, 0.25) is 0 Å². The summed E-state index contributed by atoms with van der Waals surface area (Å²) in [5.74, 6) is 3.19. The Hall–Kier alpha value is -3.31. The number of ether oxygens (including phenoxy) is 2. The van der Waals surface area contributed by atoms with E-state index in [1.165, 1.54) is 49.9 Å². The molecule has 5 nitrogen and oxygen atoms in total. The predicted molar refractivity (Wildman–Crippen MR) is 168 cm³/mol. The summed E-state index contributed by atoms with van der Waals surface area (Å²) in [6.07, 6.45) is 8.13. The summed E-state index contributed by atoms with van der Waals surface area (Å²) in [6.45, 7) is 10.9. The number of amides is 1. The Labute approximate surface area is 251 Å². The van der Waals surface area contributed by atoms with Crippen molar-refractivity contribution in [1.82, 2.24) is 9.80 Å². The molecule has 0 spiro atoms. The standard InChI is InChI=1S/C37H46N2O3/c1-27-8-7-9-28(2)35(27)36(40)38-22-18-37(3,19-23-38)39-20-16-29(17-21-39)12-13-31(24-30-10-5-4-6-11-30)32-14-15-33-34(25-32)42-26-41-33/h4-11,14-15,25,29,31H,12-13,16-24,26H2,1-3H3. The molecular formula is C37H46N2O3. The molecule has 0 aliphatic carbocycles. The molecule has 5 heteroatoms. The van der Waals surface area contributed by atoms with Crippen LogP contribution in [0, 0.1) is 19.8 Å². The number of carbonyl (C=O) groups excluding carboxylic acids is 1. The lowest BCUT2D eigenvalue weighted by Crippen LogP contribution is -2.56. The number of benzene rings is 3. The van der Waals surface area contributed by atoms with E-state index in [-0.39, 0.29) is 11.4 Å². The van der Waals surface area contributed by atoms with Crippen molar-refractivity contribution in [3.05, 3.63) is 94.5 Å². The lowest BCUT2D eigenvalue weighted by Gasteiger charge is -2.49. The van der Waals surface area contributed by atoms with Crippen molar-refractivity contribution < 1.29 is 14.3 Å². The molecule has 0 N–H and O–H groups in total. The van der Waals surface area contributed by atoms with Gasteiger partial charge in [0.05, 0.1) is 0 Å². The molecule has 2 saturated heterocycles. The summed E-state index contributed by atoms with van der Waals surface area (Å²) >= 11 is 0. The fourth-order valence-electron chi connectivity index (χ4n) is 7.47. The van der Waals surface area contributed by atoms with E-state index in [1.807, 2.05) is 6.07 Å². The summed E-state index contributed by atoms with van der Waals surface area (Å²) in [7, 11) is 0. The van der Waals surface area contributed by atoms with Gasteiger partial charge in [0.2, 0.25) is 6.79 Å². The maximum atomic E-state index is 13.4. The summed E-state index contributed by atoms with van der Waals surface area (Å²) in [5, 5.41) is 0. The maximum Gasteiger partial charge on any atom is 0.254 e. The molecule has 6 rings (SSSR count). The molecule has 3 aromatic rings. The van der Waals surface area contributed by atoms with E-state index < -0.39 is 0 Å². The molecule has 0 bridgehead atoms. The van der Waals surface area contributed by atoms with E-state index >= 15 is 0 Å². The first-order valence-corrected chi connectivity index (χ1v) is 15.9. The number of hydrogen-bond donors (Lipinski definition) is 0. The van der Waals surface area contributed by atoms with Gasteiger partial charge in [-0.1, -0.05) is 54.6 Å². The molecule has 222 valence electrons. The molecule has 3 aromatic carbocycles. The van der Waals surface area contributed by atoms with Crippen LogP contribution in [0.1, 0.15) is 84.0 Å². The molecule has 3 heterocycles. The van der Waals surface area contributed by atoms with Gasteiger partial charge < -0.3 is 14.4 Å². The Morgan fingerprint density at radius 2 is 1.57 bits per heavy atom. The summed E-state index contributed by atoms with van der Waals surface area (Å²) in [4.78, 5) is 18.2. The van der Waals surface area contributed by atoms with E-state index in [0.717, 1.165) is 66.5 Å². The minimum atomic E-state index is 0.185. The van der Waals surface area contributed by atoms with E-state index in [4.69, 9.17) is 9.47 Å². The highest BCUT2D eigenvalue weighted by Crippen LogP contribution is 2.39. The van der Waals surface area contributed by atoms with Crippen molar-refractivity contribution in [1.29, 1.82) is 0 Å². The Morgan fingerprint density at radius 3 is 2.29 bits per heavy atom. The minimum Gasteiger partial charge on any atom is -0.454 e. The topological polar surface area (TPSA) is 42.0 Å². The first-order valence-electron chi connectivity index (χ1n) is 15.9. The largest absolute Gasteiger partial charge is 0.454 e. The molecule has 1 unspecified atom stereocenters. The van der Waals surface area contributed by atoms with Crippen LogP contribution in [0.15, 0.2) is 66.7 Å². The molecule has 1 atom stereocenters. The lowest BCUT2D eigenvalue weighted by atomic mass is 9.81. The van der Waals surface area contributed by atoms with Crippen LogP contribution in [-0.4, -0.2) is 54.2 Å². The fraction of sp³-hybridized carbons (Fsp3) is 0.486. The number of aryl methyl sites for hydroxylation is 2. The third kappa shape index (κ3) is 6.22. The van der Waals surface area contributed by atoms with Gasteiger partial charge in [0.1, 0.15) is 0 Å². The molecular weight excluding hydrogens is 520 g/mol. The third-order valence-electron chi connectivity index (χ3n) is 10.3. The number of rotatable bonds is 8. The molecule has 3 aliphatic heterocycles. The molecule has 0 radical (unpaired) electrons. The van der Waals surface area contributed by atoms with E-state index in [9.17, 15) is 4.79 Å². The van der Waals surface area contributed by atoms with Gasteiger partial charge in [0, 0.05) is 24.2 Å². The highest BCUT2D eigenvalue weighted by atomic mass is 16.7. The second-order valence-corrected chi connectivity index (χ2v) is 13.1.